The van der Waals surface area contributed by atoms with Gasteiger partial charge in [0.05, 0.1) is 11.7 Å². The number of allylic oxidation sites excluding steroid dienone is 1. The van der Waals surface area contributed by atoms with E-state index < -0.39 is 24.1 Å². The summed E-state index contributed by atoms with van der Waals surface area (Å²) >= 11 is 0. The van der Waals surface area contributed by atoms with Crippen molar-refractivity contribution in [1.82, 2.24) is 0 Å². The predicted octanol–water partition coefficient (Wildman–Crippen LogP) is 1.26. The largest absolute Gasteiger partial charge is 0.482 e. The Kier molecular flexibility index (Phi) is 2.97. The average molecular weight is 258 g/mol. The van der Waals surface area contributed by atoms with E-state index in [-0.39, 0.29) is 5.57 Å². The van der Waals surface area contributed by atoms with Gasteiger partial charge in [0.25, 0.3) is 0 Å². The summed E-state index contributed by atoms with van der Waals surface area (Å²) < 4.78 is 5.69. The second-order valence-corrected chi connectivity index (χ2v) is 4.69. The summed E-state index contributed by atoms with van der Waals surface area (Å²) in [6.45, 7) is 0. The molecule has 1 aliphatic heterocycles. The van der Waals surface area contributed by atoms with Crippen LogP contribution in [0.1, 0.15) is 18.1 Å². The maximum atomic E-state index is 12.2. The molecule has 0 saturated heterocycles. The minimum Gasteiger partial charge on any atom is -0.482 e. The SMILES string of the molecule is O=C1C2=C(C=CCC2O)OC(c2ccccc2)C1O. The summed E-state index contributed by atoms with van der Waals surface area (Å²) in [6.07, 6.45) is 0.929. The van der Waals surface area contributed by atoms with Crippen LogP contribution < -0.4 is 0 Å². The smallest absolute Gasteiger partial charge is 0.197 e. The fourth-order valence-corrected chi connectivity index (χ4v) is 2.46. The maximum Gasteiger partial charge on any atom is 0.197 e. The van der Waals surface area contributed by atoms with Crippen molar-refractivity contribution in [2.24, 2.45) is 0 Å². The fourth-order valence-electron chi connectivity index (χ4n) is 2.46. The van der Waals surface area contributed by atoms with Crippen molar-refractivity contribution in [3.05, 3.63) is 59.4 Å². The highest BCUT2D eigenvalue weighted by Crippen LogP contribution is 2.36. The van der Waals surface area contributed by atoms with Gasteiger partial charge in [0.1, 0.15) is 5.76 Å². The number of ketones is 1. The van der Waals surface area contributed by atoms with Crippen LogP contribution >= 0.6 is 0 Å². The Morgan fingerprint density at radius 3 is 2.63 bits per heavy atom. The number of Topliss-reactive ketones (excluding diaryl/α,β-unsaturated/α-hetero) is 1. The summed E-state index contributed by atoms with van der Waals surface area (Å²) in [5, 5.41) is 19.9. The Morgan fingerprint density at radius 1 is 1.16 bits per heavy atom. The van der Waals surface area contributed by atoms with Crippen LogP contribution in [0, 0.1) is 0 Å². The van der Waals surface area contributed by atoms with Gasteiger partial charge in [-0.2, -0.15) is 0 Å². The third-order valence-corrected chi connectivity index (χ3v) is 3.43. The van der Waals surface area contributed by atoms with Crippen molar-refractivity contribution in [2.75, 3.05) is 0 Å². The van der Waals surface area contributed by atoms with E-state index >= 15 is 0 Å². The molecule has 3 rings (SSSR count). The lowest BCUT2D eigenvalue weighted by molar-refractivity contribution is -0.135. The van der Waals surface area contributed by atoms with Crippen molar-refractivity contribution in [1.29, 1.82) is 0 Å². The molecular weight excluding hydrogens is 244 g/mol. The molecule has 0 bridgehead atoms. The lowest BCUT2D eigenvalue weighted by atomic mass is 9.87. The summed E-state index contributed by atoms with van der Waals surface area (Å²) in [5.74, 6) is -0.0881. The van der Waals surface area contributed by atoms with Crippen LogP contribution in [-0.4, -0.2) is 28.2 Å². The highest BCUT2D eigenvalue weighted by molar-refractivity contribution is 6.01. The van der Waals surface area contributed by atoms with E-state index in [1.807, 2.05) is 18.2 Å². The first kappa shape index (κ1) is 12.1. The summed E-state index contributed by atoms with van der Waals surface area (Å²) in [7, 11) is 0. The number of hydrogen-bond donors (Lipinski definition) is 2. The molecule has 1 aromatic carbocycles. The number of carbonyl (C=O) groups excluding carboxylic acids is 1. The molecule has 0 spiro atoms. The van der Waals surface area contributed by atoms with Crippen LogP contribution in [0.25, 0.3) is 0 Å². The topological polar surface area (TPSA) is 66.8 Å². The maximum absolute atomic E-state index is 12.2. The first-order valence-corrected chi connectivity index (χ1v) is 6.21. The Hall–Kier alpha value is -1.91. The van der Waals surface area contributed by atoms with Crippen molar-refractivity contribution >= 4 is 5.78 Å². The van der Waals surface area contributed by atoms with Gasteiger partial charge < -0.3 is 14.9 Å². The van der Waals surface area contributed by atoms with Crippen molar-refractivity contribution < 1.29 is 19.7 Å². The molecule has 4 heteroatoms. The van der Waals surface area contributed by atoms with E-state index in [0.717, 1.165) is 5.56 Å². The van der Waals surface area contributed by atoms with E-state index in [9.17, 15) is 15.0 Å². The number of aliphatic hydroxyl groups is 2. The first-order chi connectivity index (χ1) is 9.18. The molecule has 3 atom stereocenters. The van der Waals surface area contributed by atoms with Gasteiger partial charge in [-0.15, -0.1) is 0 Å². The standard InChI is InChI=1S/C15H14O4/c16-10-7-4-8-11-12(10)13(17)14(18)15(19-11)9-5-2-1-3-6-9/h1-6,8,10,14-16,18H,7H2. The van der Waals surface area contributed by atoms with E-state index in [0.29, 0.717) is 12.2 Å². The van der Waals surface area contributed by atoms with Crippen molar-refractivity contribution in [3.63, 3.8) is 0 Å². The molecule has 1 aliphatic carbocycles. The van der Waals surface area contributed by atoms with Gasteiger partial charge >= 0.3 is 0 Å². The van der Waals surface area contributed by atoms with Gasteiger partial charge in [0.15, 0.2) is 18.0 Å². The molecule has 4 nitrogen and oxygen atoms in total. The lowest BCUT2D eigenvalue weighted by Crippen LogP contribution is -2.40. The zero-order valence-electron chi connectivity index (χ0n) is 10.2. The molecule has 98 valence electrons. The second kappa shape index (κ2) is 4.64. The number of carbonyl (C=O) groups is 1. The first-order valence-electron chi connectivity index (χ1n) is 6.21. The molecule has 0 radical (unpaired) electrons. The van der Waals surface area contributed by atoms with Crippen LogP contribution in [0.5, 0.6) is 0 Å². The molecule has 1 heterocycles. The number of ether oxygens (including phenoxy) is 1. The second-order valence-electron chi connectivity index (χ2n) is 4.69. The molecule has 0 fully saturated rings. The van der Waals surface area contributed by atoms with Crippen LogP contribution in [0.3, 0.4) is 0 Å². The summed E-state index contributed by atoms with van der Waals surface area (Å²) in [5.41, 5.74) is 0.922. The molecule has 2 aliphatic rings. The van der Waals surface area contributed by atoms with Crippen LogP contribution in [0.15, 0.2) is 53.8 Å². The van der Waals surface area contributed by atoms with E-state index in [1.54, 1.807) is 24.3 Å². The van der Waals surface area contributed by atoms with Gasteiger partial charge in [-0.05, 0) is 18.1 Å². The molecule has 1 aromatic rings. The predicted molar refractivity (Wildman–Crippen MR) is 68.1 cm³/mol. The third-order valence-electron chi connectivity index (χ3n) is 3.43. The summed E-state index contributed by atoms with van der Waals surface area (Å²) in [6, 6.07) is 9.11. The van der Waals surface area contributed by atoms with Crippen molar-refractivity contribution in [3.8, 4) is 0 Å². The Labute approximate surface area is 110 Å². The van der Waals surface area contributed by atoms with Gasteiger partial charge in [0, 0.05) is 0 Å². The highest BCUT2D eigenvalue weighted by atomic mass is 16.5. The highest BCUT2D eigenvalue weighted by Gasteiger charge is 2.40. The number of benzene rings is 1. The number of rotatable bonds is 1. The Morgan fingerprint density at radius 2 is 1.89 bits per heavy atom. The fraction of sp³-hybridized carbons (Fsp3) is 0.267. The Balaban J connectivity index is 2.00. The Bertz CT molecular complexity index is 559. The summed E-state index contributed by atoms with van der Waals surface area (Å²) in [4.78, 5) is 12.2. The van der Waals surface area contributed by atoms with Gasteiger partial charge in [0.2, 0.25) is 0 Å². The quantitative estimate of drug-likeness (QED) is 0.796. The van der Waals surface area contributed by atoms with E-state index in [4.69, 9.17) is 4.74 Å². The van der Waals surface area contributed by atoms with Crippen LogP contribution in [0.4, 0.5) is 0 Å². The van der Waals surface area contributed by atoms with Gasteiger partial charge in [-0.3, -0.25) is 4.79 Å². The molecular formula is C15H14O4. The molecule has 2 N–H and O–H groups in total. The van der Waals surface area contributed by atoms with E-state index in [2.05, 4.69) is 0 Å². The molecule has 3 unspecified atom stereocenters. The molecule has 19 heavy (non-hydrogen) atoms. The van der Waals surface area contributed by atoms with Crippen molar-refractivity contribution in [2.45, 2.75) is 24.7 Å². The minimum absolute atomic E-state index is 0.183. The van der Waals surface area contributed by atoms with Crippen LogP contribution in [0.2, 0.25) is 0 Å². The van der Waals surface area contributed by atoms with Gasteiger partial charge in [-0.1, -0.05) is 36.4 Å². The monoisotopic (exact) mass is 258 g/mol. The number of hydrogen-bond acceptors (Lipinski definition) is 4. The zero-order valence-corrected chi connectivity index (χ0v) is 10.2. The van der Waals surface area contributed by atoms with E-state index in [1.165, 1.54) is 0 Å². The van der Waals surface area contributed by atoms with Crippen LogP contribution in [-0.2, 0) is 9.53 Å². The third kappa shape index (κ3) is 1.99. The normalized spacial score (nSPS) is 30.0. The number of aliphatic hydroxyl groups excluding tert-OH is 2. The molecule has 0 aromatic heterocycles. The average Bonchev–Trinajstić information content (AvgIpc) is 2.43. The molecule has 0 saturated carbocycles. The lowest BCUT2D eigenvalue weighted by Gasteiger charge is -2.33. The minimum atomic E-state index is -1.28. The molecule has 0 amide bonds. The zero-order chi connectivity index (χ0) is 13.4. The van der Waals surface area contributed by atoms with Gasteiger partial charge in [-0.25, -0.2) is 0 Å².